The van der Waals surface area contributed by atoms with Crippen LogP contribution in [-0.2, 0) is 16.0 Å². The molecule has 24 heavy (non-hydrogen) atoms. The Morgan fingerprint density at radius 1 is 1.29 bits per heavy atom. The van der Waals surface area contributed by atoms with Crippen molar-refractivity contribution < 1.29 is 14.7 Å². The number of aliphatic carboxylic acids is 1. The van der Waals surface area contributed by atoms with Crippen LogP contribution in [-0.4, -0.2) is 53.5 Å². The van der Waals surface area contributed by atoms with Gasteiger partial charge in [0.25, 0.3) is 0 Å². The minimum atomic E-state index is -0.755. The molecular weight excluding hydrogens is 328 g/mol. The molecule has 0 radical (unpaired) electrons. The van der Waals surface area contributed by atoms with E-state index in [2.05, 4.69) is 18.2 Å². The molecule has 3 rings (SSSR count). The number of carboxylic acids is 1. The fraction of sp³-hybridized carbons (Fsp3) is 0.556. The maximum atomic E-state index is 12.6. The number of amides is 1. The zero-order chi connectivity index (χ0) is 16.4. The first-order chi connectivity index (χ1) is 11.1. The van der Waals surface area contributed by atoms with Crippen LogP contribution in [0.25, 0.3) is 0 Å². The number of nitrogens with zero attached hydrogens (tertiary/aromatic N) is 2. The second-order valence-electron chi connectivity index (χ2n) is 6.67. The topological polar surface area (TPSA) is 60.9 Å². The molecule has 1 aliphatic heterocycles. The number of likely N-dealkylation sites (N-methyl/N-ethyl adjacent to an activating group) is 1. The van der Waals surface area contributed by atoms with Crippen LogP contribution < -0.4 is 0 Å². The van der Waals surface area contributed by atoms with Crippen molar-refractivity contribution in [2.24, 2.45) is 5.92 Å². The molecule has 1 aliphatic carbocycles. The Balaban J connectivity index is 0.00000208. The third-order valence-electron chi connectivity index (χ3n) is 5.18. The van der Waals surface area contributed by atoms with Gasteiger partial charge in [0, 0.05) is 13.6 Å². The smallest absolute Gasteiger partial charge is 0.307 e. The molecule has 0 spiro atoms. The molecule has 1 N–H and O–H groups in total. The third-order valence-corrected chi connectivity index (χ3v) is 5.18. The summed E-state index contributed by atoms with van der Waals surface area (Å²) in [4.78, 5) is 27.5. The zero-order valence-electron chi connectivity index (χ0n) is 14.0. The summed E-state index contributed by atoms with van der Waals surface area (Å²) in [5.74, 6) is -1.00. The van der Waals surface area contributed by atoms with Gasteiger partial charge in [0.2, 0.25) is 5.91 Å². The van der Waals surface area contributed by atoms with Crippen LogP contribution in [0.5, 0.6) is 0 Å². The number of likely N-dealkylation sites (tertiary alicyclic amines) is 1. The Hall–Kier alpha value is -1.59. The number of carbonyl (C=O) groups is 2. The molecule has 2 aliphatic rings. The number of halogens is 1. The summed E-state index contributed by atoms with van der Waals surface area (Å²) in [7, 11) is 1.87. The molecular formula is C18H25ClN2O3. The van der Waals surface area contributed by atoms with E-state index in [-0.39, 0.29) is 30.3 Å². The molecule has 0 saturated carbocycles. The molecule has 5 nitrogen and oxygen atoms in total. The van der Waals surface area contributed by atoms with E-state index < -0.39 is 5.97 Å². The van der Waals surface area contributed by atoms with Gasteiger partial charge >= 0.3 is 5.97 Å². The Labute approximate surface area is 149 Å². The monoisotopic (exact) mass is 352 g/mol. The predicted molar refractivity (Wildman–Crippen MR) is 94.3 cm³/mol. The van der Waals surface area contributed by atoms with Crippen molar-refractivity contribution in [3.63, 3.8) is 0 Å². The largest absolute Gasteiger partial charge is 0.481 e. The lowest BCUT2D eigenvalue weighted by atomic mass is 9.87. The summed E-state index contributed by atoms with van der Waals surface area (Å²) in [6, 6.07) is 8.51. The highest BCUT2D eigenvalue weighted by molar-refractivity contribution is 5.85. The van der Waals surface area contributed by atoms with Gasteiger partial charge < -0.3 is 10.0 Å². The summed E-state index contributed by atoms with van der Waals surface area (Å²) >= 11 is 0. The molecule has 1 aromatic carbocycles. The highest BCUT2D eigenvalue weighted by Crippen LogP contribution is 2.33. The van der Waals surface area contributed by atoms with Crippen LogP contribution >= 0.6 is 12.4 Å². The van der Waals surface area contributed by atoms with Gasteiger partial charge in [-0.25, -0.2) is 0 Å². The van der Waals surface area contributed by atoms with Crippen LogP contribution in [0.1, 0.15) is 36.4 Å². The number of carboxylic acid groups (broad SMARTS) is 1. The van der Waals surface area contributed by atoms with E-state index in [0.717, 1.165) is 19.3 Å². The van der Waals surface area contributed by atoms with E-state index in [1.807, 2.05) is 22.9 Å². The summed E-state index contributed by atoms with van der Waals surface area (Å²) in [6.07, 6.45) is 3.82. The molecule has 2 unspecified atom stereocenters. The fourth-order valence-corrected chi connectivity index (χ4v) is 3.79. The molecule has 1 aromatic rings. The van der Waals surface area contributed by atoms with Crippen molar-refractivity contribution in [1.82, 2.24) is 9.80 Å². The summed E-state index contributed by atoms with van der Waals surface area (Å²) < 4.78 is 0. The Bertz CT molecular complexity index is 608. The zero-order valence-corrected chi connectivity index (χ0v) is 14.8. The van der Waals surface area contributed by atoms with Crippen molar-refractivity contribution in [3.05, 3.63) is 35.4 Å². The van der Waals surface area contributed by atoms with Crippen LogP contribution in [0.2, 0.25) is 0 Å². The number of hydrogen-bond acceptors (Lipinski definition) is 3. The maximum absolute atomic E-state index is 12.6. The second kappa shape index (κ2) is 7.99. The van der Waals surface area contributed by atoms with Crippen molar-refractivity contribution in [3.8, 4) is 0 Å². The molecule has 1 fully saturated rings. The summed E-state index contributed by atoms with van der Waals surface area (Å²) in [5.41, 5.74) is 2.61. The number of hydrogen-bond donors (Lipinski definition) is 1. The van der Waals surface area contributed by atoms with Crippen LogP contribution in [0.4, 0.5) is 0 Å². The van der Waals surface area contributed by atoms with Gasteiger partial charge in [-0.05, 0) is 43.4 Å². The van der Waals surface area contributed by atoms with E-state index >= 15 is 0 Å². The van der Waals surface area contributed by atoms with Crippen molar-refractivity contribution in [2.75, 3.05) is 26.7 Å². The molecule has 1 saturated heterocycles. The van der Waals surface area contributed by atoms with E-state index in [4.69, 9.17) is 5.11 Å². The lowest BCUT2D eigenvalue weighted by Gasteiger charge is -2.34. The van der Waals surface area contributed by atoms with Crippen LogP contribution in [0, 0.1) is 5.92 Å². The number of benzene rings is 1. The minimum absolute atomic E-state index is 0. The Morgan fingerprint density at radius 3 is 2.75 bits per heavy atom. The number of carbonyl (C=O) groups excluding carboxylic acids is 1. The average Bonchev–Trinajstić information content (AvgIpc) is 3.02. The van der Waals surface area contributed by atoms with Crippen molar-refractivity contribution in [1.29, 1.82) is 0 Å². The van der Waals surface area contributed by atoms with Crippen LogP contribution in [0.15, 0.2) is 24.3 Å². The lowest BCUT2D eigenvalue weighted by Crippen LogP contribution is -2.40. The lowest BCUT2D eigenvalue weighted by molar-refractivity contribution is -0.141. The predicted octanol–water partition coefficient (Wildman–Crippen LogP) is 2.35. The SMILES string of the molecule is CN(C(=O)CN1CCC(C(=O)O)C1)C1CCCc2ccccc21.Cl. The Kier molecular flexibility index (Phi) is 6.24. The van der Waals surface area contributed by atoms with Crippen molar-refractivity contribution >= 4 is 24.3 Å². The number of aryl methyl sites for hydroxylation is 1. The fourth-order valence-electron chi connectivity index (χ4n) is 3.79. The van der Waals surface area contributed by atoms with E-state index in [1.54, 1.807) is 0 Å². The van der Waals surface area contributed by atoms with Gasteiger partial charge in [-0.2, -0.15) is 0 Å². The quantitative estimate of drug-likeness (QED) is 0.903. The number of fused-ring (bicyclic) bond motifs is 1. The molecule has 2 atom stereocenters. The van der Waals surface area contributed by atoms with Gasteiger partial charge in [-0.1, -0.05) is 24.3 Å². The first kappa shape index (κ1) is 18.7. The molecule has 0 aromatic heterocycles. The van der Waals surface area contributed by atoms with Gasteiger partial charge in [-0.3, -0.25) is 14.5 Å². The maximum Gasteiger partial charge on any atom is 0.307 e. The molecule has 1 amide bonds. The van der Waals surface area contributed by atoms with E-state index in [9.17, 15) is 9.59 Å². The first-order valence-corrected chi connectivity index (χ1v) is 8.35. The van der Waals surface area contributed by atoms with Gasteiger partial charge in [0.05, 0.1) is 18.5 Å². The molecule has 6 heteroatoms. The number of rotatable bonds is 4. The van der Waals surface area contributed by atoms with Crippen molar-refractivity contribution in [2.45, 2.75) is 31.7 Å². The van der Waals surface area contributed by atoms with E-state index in [1.165, 1.54) is 11.1 Å². The molecule has 132 valence electrons. The minimum Gasteiger partial charge on any atom is -0.481 e. The van der Waals surface area contributed by atoms with E-state index in [0.29, 0.717) is 26.1 Å². The highest BCUT2D eigenvalue weighted by Gasteiger charge is 2.31. The van der Waals surface area contributed by atoms with Gasteiger partial charge in [-0.15, -0.1) is 12.4 Å². The normalized spacial score (nSPS) is 23.2. The Morgan fingerprint density at radius 2 is 2.04 bits per heavy atom. The third kappa shape index (κ3) is 3.90. The van der Waals surface area contributed by atoms with Crippen LogP contribution in [0.3, 0.4) is 0 Å². The highest BCUT2D eigenvalue weighted by atomic mass is 35.5. The summed E-state index contributed by atoms with van der Waals surface area (Å²) in [5, 5.41) is 9.07. The summed E-state index contributed by atoms with van der Waals surface area (Å²) in [6.45, 7) is 1.49. The average molecular weight is 353 g/mol. The first-order valence-electron chi connectivity index (χ1n) is 8.35. The van der Waals surface area contributed by atoms with Gasteiger partial charge in [0.1, 0.15) is 0 Å². The molecule has 1 heterocycles. The standard InChI is InChI=1S/C18H24N2O3.ClH/c1-19(16-8-4-6-13-5-2-3-7-15(13)16)17(21)12-20-10-9-14(11-20)18(22)23;/h2-3,5,7,14,16H,4,6,8-12H2,1H3,(H,22,23);1H. The molecule has 0 bridgehead atoms. The van der Waals surface area contributed by atoms with Gasteiger partial charge in [0.15, 0.2) is 0 Å². The second-order valence-corrected chi connectivity index (χ2v) is 6.67.